The summed E-state index contributed by atoms with van der Waals surface area (Å²) < 4.78 is 0. The Labute approximate surface area is 87.4 Å². The van der Waals surface area contributed by atoms with E-state index in [-0.39, 0.29) is 17.5 Å². The quantitative estimate of drug-likeness (QED) is 0.266. The van der Waals surface area contributed by atoms with Crippen LogP contribution in [-0.4, -0.2) is 81.1 Å². The molecule has 0 aromatic rings. The Hall–Kier alpha value is -0.320. The van der Waals surface area contributed by atoms with Gasteiger partial charge in [-0.05, 0) is 7.05 Å². The number of rotatable bonds is 6. The van der Waals surface area contributed by atoms with Crippen molar-refractivity contribution in [3.63, 3.8) is 0 Å². The maximum atomic E-state index is 9.21. The van der Waals surface area contributed by atoms with Gasteiger partial charge in [-0.1, -0.05) is 0 Å². The second-order valence-electron chi connectivity index (χ2n) is 2.86. The lowest BCUT2D eigenvalue weighted by Crippen LogP contribution is -2.48. The molecule has 8 nitrogen and oxygen atoms in total. The molecule has 0 aromatic heterocycles. The van der Waals surface area contributed by atoms with Gasteiger partial charge in [0.15, 0.2) is 0 Å². The fraction of sp³-hybridized carbons (Fsp3) is 1.00. The summed E-state index contributed by atoms with van der Waals surface area (Å²) in [5.41, 5.74) is 0. The smallest absolute Gasteiger partial charge is 0.111 e. The van der Waals surface area contributed by atoms with Crippen molar-refractivity contribution in [1.82, 2.24) is 5.32 Å². The van der Waals surface area contributed by atoms with Gasteiger partial charge in [-0.15, -0.1) is 0 Å². The van der Waals surface area contributed by atoms with Crippen LogP contribution in [0.3, 0.4) is 0 Å². The van der Waals surface area contributed by atoms with Gasteiger partial charge in [0.25, 0.3) is 0 Å². The van der Waals surface area contributed by atoms with Gasteiger partial charge < -0.3 is 41.8 Å². The molecule has 10 N–H and O–H groups in total. The van der Waals surface area contributed by atoms with Crippen LogP contribution in [-0.2, 0) is 0 Å². The molecule has 0 aliphatic rings. The number of aliphatic hydroxyl groups is 5. The van der Waals surface area contributed by atoms with Crippen molar-refractivity contribution < 1.29 is 36.5 Å². The molecule has 4 atom stereocenters. The van der Waals surface area contributed by atoms with Crippen molar-refractivity contribution >= 4 is 0 Å². The minimum atomic E-state index is -1.55. The maximum Gasteiger partial charge on any atom is 0.111 e. The van der Waals surface area contributed by atoms with Gasteiger partial charge in [-0.3, -0.25) is 0 Å². The summed E-state index contributed by atoms with van der Waals surface area (Å²) in [6.07, 6.45) is -5.65. The largest absolute Gasteiger partial charge is 0.412 e. The molecule has 0 radical (unpaired) electrons. The fourth-order valence-corrected chi connectivity index (χ4v) is 0.893. The predicted octanol–water partition coefficient (Wildman–Crippen LogP) is -5.01. The zero-order chi connectivity index (χ0) is 10.4. The first-order chi connectivity index (χ1) is 6.04. The number of nitrogens with one attached hydrogen (secondary N) is 1. The topological polar surface area (TPSA) is 176 Å². The standard InChI is InChI=1S/C7H17NO5.2H2O/c1-8-2-4(10)6(12)7(13)5(11)3-9;;/h4-13H,2-3H2,1H3;2*1H2. The molecule has 0 amide bonds. The second kappa shape index (κ2) is 10.2. The fourth-order valence-electron chi connectivity index (χ4n) is 0.893. The van der Waals surface area contributed by atoms with Crippen LogP contribution in [0.15, 0.2) is 0 Å². The Kier molecular flexibility index (Phi) is 13.7. The Morgan fingerprint density at radius 1 is 0.933 bits per heavy atom. The van der Waals surface area contributed by atoms with E-state index in [1.807, 2.05) is 0 Å². The van der Waals surface area contributed by atoms with E-state index < -0.39 is 31.0 Å². The van der Waals surface area contributed by atoms with Gasteiger partial charge >= 0.3 is 0 Å². The van der Waals surface area contributed by atoms with Crippen LogP contribution in [0.5, 0.6) is 0 Å². The third-order valence-corrected chi connectivity index (χ3v) is 1.74. The van der Waals surface area contributed by atoms with Crippen LogP contribution >= 0.6 is 0 Å². The third-order valence-electron chi connectivity index (χ3n) is 1.74. The van der Waals surface area contributed by atoms with Crippen molar-refractivity contribution in [2.24, 2.45) is 0 Å². The van der Waals surface area contributed by atoms with E-state index in [2.05, 4.69) is 5.32 Å². The molecule has 0 bridgehead atoms. The lowest BCUT2D eigenvalue weighted by atomic mass is 10.0. The van der Waals surface area contributed by atoms with Crippen molar-refractivity contribution in [1.29, 1.82) is 0 Å². The molecule has 0 rings (SSSR count). The summed E-state index contributed by atoms with van der Waals surface area (Å²) in [6.45, 7) is -0.569. The Balaban J connectivity index is -0.000000720. The summed E-state index contributed by atoms with van der Waals surface area (Å²) in [7, 11) is 1.57. The van der Waals surface area contributed by atoms with Gasteiger partial charge in [0.2, 0.25) is 0 Å². The molecule has 15 heavy (non-hydrogen) atoms. The minimum absolute atomic E-state index is 0. The molecule has 0 aliphatic carbocycles. The van der Waals surface area contributed by atoms with E-state index in [9.17, 15) is 5.11 Å². The summed E-state index contributed by atoms with van der Waals surface area (Å²) in [5, 5.41) is 47.5. The number of likely N-dealkylation sites (N-methyl/N-ethyl adjacent to an activating group) is 1. The van der Waals surface area contributed by atoms with Crippen LogP contribution < -0.4 is 5.32 Å². The van der Waals surface area contributed by atoms with Gasteiger partial charge in [-0.25, -0.2) is 0 Å². The van der Waals surface area contributed by atoms with Crippen molar-refractivity contribution in [2.45, 2.75) is 24.4 Å². The molecule has 0 saturated carbocycles. The van der Waals surface area contributed by atoms with Gasteiger partial charge in [-0.2, -0.15) is 0 Å². The molecule has 0 saturated heterocycles. The van der Waals surface area contributed by atoms with E-state index in [4.69, 9.17) is 20.4 Å². The highest BCUT2D eigenvalue weighted by molar-refractivity contribution is 4.81. The van der Waals surface area contributed by atoms with Crippen LogP contribution in [0.2, 0.25) is 0 Å². The molecule has 96 valence electrons. The maximum absolute atomic E-state index is 9.21. The van der Waals surface area contributed by atoms with Crippen LogP contribution in [0, 0.1) is 0 Å². The molecule has 8 heteroatoms. The Morgan fingerprint density at radius 2 is 1.33 bits per heavy atom. The van der Waals surface area contributed by atoms with Gasteiger partial charge in [0, 0.05) is 6.54 Å². The summed E-state index contributed by atoms with van der Waals surface area (Å²) >= 11 is 0. The molecule has 0 aromatic carbocycles. The zero-order valence-electron chi connectivity index (χ0n) is 8.46. The first kappa shape index (κ1) is 20.1. The van der Waals surface area contributed by atoms with E-state index in [0.717, 1.165) is 0 Å². The molecule has 0 aliphatic heterocycles. The average Bonchev–Trinajstić information content (AvgIpc) is 2.14. The highest BCUT2D eigenvalue weighted by Crippen LogP contribution is 2.04. The molecule has 0 heterocycles. The first-order valence-electron chi connectivity index (χ1n) is 4.02. The van der Waals surface area contributed by atoms with Crippen LogP contribution in [0.1, 0.15) is 0 Å². The van der Waals surface area contributed by atoms with Crippen LogP contribution in [0.4, 0.5) is 0 Å². The summed E-state index contributed by atoms with van der Waals surface area (Å²) in [5.74, 6) is 0. The van der Waals surface area contributed by atoms with E-state index >= 15 is 0 Å². The van der Waals surface area contributed by atoms with E-state index in [0.29, 0.717) is 0 Å². The highest BCUT2D eigenvalue weighted by atomic mass is 16.4. The first-order valence-corrected chi connectivity index (χ1v) is 4.02. The zero-order valence-corrected chi connectivity index (χ0v) is 8.46. The molecule has 4 unspecified atom stereocenters. The lowest BCUT2D eigenvalue weighted by molar-refractivity contribution is -0.113. The summed E-state index contributed by atoms with van der Waals surface area (Å²) in [4.78, 5) is 0. The number of aliphatic hydroxyl groups excluding tert-OH is 5. The van der Waals surface area contributed by atoms with Crippen molar-refractivity contribution in [3.05, 3.63) is 0 Å². The molecule has 0 spiro atoms. The average molecular weight is 231 g/mol. The second-order valence-corrected chi connectivity index (χ2v) is 2.86. The normalized spacial score (nSPS) is 18.0. The predicted molar refractivity (Wildman–Crippen MR) is 52.3 cm³/mol. The summed E-state index contributed by atoms with van der Waals surface area (Å²) in [6, 6.07) is 0. The molecular weight excluding hydrogens is 210 g/mol. The van der Waals surface area contributed by atoms with Crippen LogP contribution in [0.25, 0.3) is 0 Å². The van der Waals surface area contributed by atoms with Crippen molar-refractivity contribution in [2.75, 3.05) is 20.2 Å². The lowest BCUT2D eigenvalue weighted by Gasteiger charge is -2.25. The molecule has 0 fully saturated rings. The van der Waals surface area contributed by atoms with Crippen molar-refractivity contribution in [3.8, 4) is 0 Å². The third kappa shape index (κ3) is 6.71. The van der Waals surface area contributed by atoms with Gasteiger partial charge in [0.05, 0.1) is 12.7 Å². The Morgan fingerprint density at radius 3 is 1.67 bits per heavy atom. The Bertz CT molecular complexity index is 137. The highest BCUT2D eigenvalue weighted by Gasteiger charge is 2.29. The number of hydrogen-bond donors (Lipinski definition) is 6. The van der Waals surface area contributed by atoms with E-state index in [1.54, 1.807) is 7.05 Å². The van der Waals surface area contributed by atoms with Gasteiger partial charge in [0.1, 0.15) is 18.3 Å². The number of hydrogen-bond acceptors (Lipinski definition) is 6. The SMILES string of the molecule is CNCC(O)C(O)C(O)C(O)CO.O.O. The minimum Gasteiger partial charge on any atom is -0.412 e. The molecular formula is C7H21NO7. The monoisotopic (exact) mass is 231 g/mol. The van der Waals surface area contributed by atoms with E-state index in [1.165, 1.54) is 0 Å².